The predicted octanol–water partition coefficient (Wildman–Crippen LogP) is 4.79. The number of hydrogen-bond acceptors (Lipinski definition) is 4. The Hall–Kier alpha value is -3.32. The average Bonchev–Trinajstić information content (AvgIpc) is 3.28. The smallest absolute Gasteiger partial charge is 0.293 e. The lowest BCUT2D eigenvalue weighted by molar-refractivity contribution is -0.123. The van der Waals surface area contributed by atoms with Gasteiger partial charge in [-0.1, -0.05) is 61.9 Å². The van der Waals surface area contributed by atoms with E-state index in [0.717, 1.165) is 46.6 Å². The summed E-state index contributed by atoms with van der Waals surface area (Å²) in [5.41, 5.74) is 2.76. The lowest BCUT2D eigenvalue weighted by Gasteiger charge is -2.10. The molecular formula is C25H25N3O3S. The van der Waals surface area contributed by atoms with Gasteiger partial charge in [-0.05, 0) is 35.9 Å². The number of carbonyl (C=O) groups excluding carboxylic acids is 3. The van der Waals surface area contributed by atoms with Crippen LogP contribution < -0.4 is 5.32 Å². The minimum atomic E-state index is -0.245. The first-order valence-corrected chi connectivity index (χ1v) is 11.5. The van der Waals surface area contributed by atoms with Gasteiger partial charge in [-0.2, -0.15) is 0 Å². The standard InChI is InChI=1S/C25H25N3O3S/c1-2-3-13-28-24(30)22(32-25(28)31)14-19-16-27(21-12-8-7-11-20(19)21)17-23(29)26-15-18-9-5-4-6-10-18/h4-12,14,16H,2-3,13,15,17H2,1H3,(H,26,29)/b22-14-. The molecule has 2 heterocycles. The van der Waals surface area contributed by atoms with Crippen LogP contribution >= 0.6 is 11.8 Å². The largest absolute Gasteiger partial charge is 0.350 e. The zero-order chi connectivity index (χ0) is 22.5. The third-order valence-electron chi connectivity index (χ3n) is 5.36. The number of nitrogens with zero attached hydrogens (tertiary/aromatic N) is 2. The number of imide groups is 1. The van der Waals surface area contributed by atoms with E-state index in [1.807, 2.05) is 72.3 Å². The quantitative estimate of drug-likeness (QED) is 0.504. The van der Waals surface area contributed by atoms with Crippen molar-refractivity contribution >= 4 is 45.8 Å². The van der Waals surface area contributed by atoms with Gasteiger partial charge < -0.3 is 9.88 Å². The normalized spacial score (nSPS) is 15.2. The molecule has 0 aliphatic carbocycles. The van der Waals surface area contributed by atoms with E-state index in [4.69, 9.17) is 0 Å². The van der Waals surface area contributed by atoms with Gasteiger partial charge in [-0.15, -0.1) is 0 Å². The van der Waals surface area contributed by atoms with Crippen molar-refractivity contribution < 1.29 is 14.4 Å². The number of fused-ring (bicyclic) bond motifs is 1. The van der Waals surface area contributed by atoms with Gasteiger partial charge in [0.15, 0.2) is 0 Å². The Bertz CT molecular complexity index is 1180. The highest BCUT2D eigenvalue weighted by Gasteiger charge is 2.34. The molecule has 0 atom stereocenters. The van der Waals surface area contributed by atoms with Crippen molar-refractivity contribution in [3.8, 4) is 0 Å². The van der Waals surface area contributed by atoms with Crippen molar-refractivity contribution in [1.82, 2.24) is 14.8 Å². The summed E-state index contributed by atoms with van der Waals surface area (Å²) in [6.45, 7) is 3.11. The fourth-order valence-corrected chi connectivity index (χ4v) is 4.53. The summed E-state index contributed by atoms with van der Waals surface area (Å²) >= 11 is 0.975. The van der Waals surface area contributed by atoms with E-state index in [9.17, 15) is 14.4 Å². The number of benzene rings is 2. The molecule has 1 fully saturated rings. The second-order valence-electron chi connectivity index (χ2n) is 7.68. The lowest BCUT2D eigenvalue weighted by atomic mass is 10.1. The molecule has 6 nitrogen and oxygen atoms in total. The van der Waals surface area contributed by atoms with Gasteiger partial charge in [-0.25, -0.2) is 0 Å². The van der Waals surface area contributed by atoms with Crippen LogP contribution in [0.2, 0.25) is 0 Å². The van der Waals surface area contributed by atoms with E-state index < -0.39 is 0 Å². The van der Waals surface area contributed by atoms with Crippen molar-refractivity contribution in [2.45, 2.75) is 32.9 Å². The van der Waals surface area contributed by atoms with Gasteiger partial charge in [0.25, 0.3) is 11.1 Å². The van der Waals surface area contributed by atoms with E-state index in [1.54, 1.807) is 6.08 Å². The van der Waals surface area contributed by atoms with Crippen molar-refractivity contribution in [2.24, 2.45) is 0 Å². The van der Waals surface area contributed by atoms with Crippen molar-refractivity contribution in [1.29, 1.82) is 0 Å². The molecule has 1 aliphatic rings. The first-order valence-electron chi connectivity index (χ1n) is 10.7. The first-order chi connectivity index (χ1) is 15.6. The highest BCUT2D eigenvalue weighted by molar-refractivity contribution is 8.18. The van der Waals surface area contributed by atoms with Gasteiger partial charge in [0.1, 0.15) is 6.54 Å². The molecular weight excluding hydrogens is 422 g/mol. The molecule has 1 aliphatic heterocycles. The van der Waals surface area contributed by atoms with Crippen molar-refractivity contribution in [3.05, 3.63) is 76.8 Å². The monoisotopic (exact) mass is 447 g/mol. The lowest BCUT2D eigenvalue weighted by Crippen LogP contribution is -2.29. The van der Waals surface area contributed by atoms with Crippen LogP contribution in [0.15, 0.2) is 65.7 Å². The zero-order valence-corrected chi connectivity index (χ0v) is 18.7. The summed E-state index contributed by atoms with van der Waals surface area (Å²) in [7, 11) is 0. The third kappa shape index (κ3) is 4.78. The highest BCUT2D eigenvalue weighted by atomic mass is 32.2. The summed E-state index contributed by atoms with van der Waals surface area (Å²) in [6.07, 6.45) is 5.34. The number of thioether (sulfide) groups is 1. The minimum absolute atomic E-state index is 0.0963. The molecule has 0 spiro atoms. The van der Waals surface area contributed by atoms with Crippen molar-refractivity contribution in [2.75, 3.05) is 6.54 Å². The molecule has 1 N–H and O–H groups in total. The number of unbranched alkanes of at least 4 members (excludes halogenated alkanes) is 1. The molecule has 0 bridgehead atoms. The maximum atomic E-state index is 12.7. The molecule has 1 aromatic heterocycles. The number of hydrogen-bond donors (Lipinski definition) is 1. The molecule has 2 aromatic carbocycles. The minimum Gasteiger partial charge on any atom is -0.350 e. The number of rotatable bonds is 8. The fourth-order valence-electron chi connectivity index (χ4n) is 3.68. The Kier molecular flexibility index (Phi) is 6.75. The molecule has 164 valence electrons. The van der Waals surface area contributed by atoms with Crippen LogP contribution in [-0.4, -0.2) is 33.1 Å². The van der Waals surface area contributed by atoms with Gasteiger partial charge >= 0.3 is 0 Å². The molecule has 4 rings (SSSR count). The van der Waals surface area contributed by atoms with Crippen LogP contribution in [-0.2, 0) is 22.7 Å². The maximum Gasteiger partial charge on any atom is 0.293 e. The summed E-state index contributed by atoms with van der Waals surface area (Å²) in [6, 6.07) is 17.5. The van der Waals surface area contributed by atoms with E-state index in [1.165, 1.54) is 4.90 Å². The van der Waals surface area contributed by atoms with Crippen LogP contribution in [0.3, 0.4) is 0 Å². The van der Waals surface area contributed by atoms with Crippen LogP contribution in [0.1, 0.15) is 30.9 Å². The Morgan fingerprint density at radius 2 is 1.81 bits per heavy atom. The number of amides is 3. The van der Waals surface area contributed by atoms with Gasteiger partial charge in [0.2, 0.25) is 5.91 Å². The molecule has 1 saturated heterocycles. The second kappa shape index (κ2) is 9.87. The Balaban J connectivity index is 1.54. The fraction of sp³-hybridized carbons (Fsp3) is 0.240. The van der Waals surface area contributed by atoms with E-state index >= 15 is 0 Å². The van der Waals surface area contributed by atoms with Crippen LogP contribution in [0.5, 0.6) is 0 Å². The number of para-hydroxylation sites is 1. The topological polar surface area (TPSA) is 71.4 Å². The number of aromatic nitrogens is 1. The molecule has 32 heavy (non-hydrogen) atoms. The molecule has 0 unspecified atom stereocenters. The van der Waals surface area contributed by atoms with Gasteiger partial charge in [0, 0.05) is 35.8 Å². The first kappa shape index (κ1) is 21.9. The summed E-state index contributed by atoms with van der Waals surface area (Å²) in [5, 5.41) is 3.66. The third-order valence-corrected chi connectivity index (χ3v) is 6.27. The van der Waals surface area contributed by atoms with Gasteiger partial charge in [-0.3, -0.25) is 19.3 Å². The van der Waals surface area contributed by atoms with Gasteiger partial charge in [0.05, 0.1) is 4.91 Å². The Morgan fingerprint density at radius 3 is 2.59 bits per heavy atom. The maximum absolute atomic E-state index is 12.7. The molecule has 7 heteroatoms. The van der Waals surface area contributed by atoms with Crippen LogP contribution in [0.4, 0.5) is 4.79 Å². The molecule has 3 amide bonds. The summed E-state index contributed by atoms with van der Waals surface area (Å²) < 4.78 is 1.88. The van der Waals surface area contributed by atoms with Crippen LogP contribution in [0.25, 0.3) is 17.0 Å². The number of nitrogens with one attached hydrogen (secondary N) is 1. The molecule has 0 radical (unpaired) electrons. The predicted molar refractivity (Wildman–Crippen MR) is 128 cm³/mol. The average molecular weight is 448 g/mol. The number of carbonyl (C=O) groups is 3. The van der Waals surface area contributed by atoms with E-state index in [-0.39, 0.29) is 23.6 Å². The Morgan fingerprint density at radius 1 is 1.06 bits per heavy atom. The Labute approximate surface area is 191 Å². The summed E-state index contributed by atoms with van der Waals surface area (Å²) in [4.78, 5) is 39.3. The summed E-state index contributed by atoms with van der Waals surface area (Å²) in [5.74, 6) is -0.341. The highest BCUT2D eigenvalue weighted by Crippen LogP contribution is 2.34. The zero-order valence-electron chi connectivity index (χ0n) is 17.9. The van der Waals surface area contributed by atoms with Crippen molar-refractivity contribution in [3.63, 3.8) is 0 Å². The molecule has 3 aromatic rings. The van der Waals surface area contributed by atoms with E-state index in [0.29, 0.717) is 18.0 Å². The van der Waals surface area contributed by atoms with Crippen LogP contribution in [0, 0.1) is 0 Å². The van der Waals surface area contributed by atoms with E-state index in [2.05, 4.69) is 5.32 Å². The molecule has 0 saturated carbocycles. The second-order valence-corrected chi connectivity index (χ2v) is 8.67. The SMILES string of the molecule is CCCCN1C(=O)S/C(=C\c2cn(CC(=O)NCc3ccccc3)c3ccccc23)C1=O.